The van der Waals surface area contributed by atoms with Gasteiger partial charge in [-0.3, -0.25) is 4.79 Å². The number of carbonyl (C=O) groups is 1. The van der Waals surface area contributed by atoms with Crippen LogP contribution in [0.2, 0.25) is 10.0 Å². The summed E-state index contributed by atoms with van der Waals surface area (Å²) in [5, 5.41) is 23.7. The SMILES string of the molecule is CC(CO)Nc1ncc(Cl)c(-c2cc3c(o2)CCN([C@@H](O)Cc2cccc(Cl)c2)C3=O)n1. The second-order valence-corrected chi connectivity index (χ2v) is 8.47. The predicted octanol–water partition coefficient (Wildman–Crippen LogP) is 3.40. The number of benzene rings is 1. The highest BCUT2D eigenvalue weighted by atomic mass is 35.5. The van der Waals surface area contributed by atoms with Crippen LogP contribution in [0.1, 0.15) is 28.6 Å². The number of halogens is 2. The lowest BCUT2D eigenvalue weighted by atomic mass is 10.0. The van der Waals surface area contributed by atoms with Crippen LogP contribution in [-0.4, -0.2) is 56.4 Å². The second-order valence-electron chi connectivity index (χ2n) is 7.63. The number of nitrogens with one attached hydrogen (secondary N) is 1. The van der Waals surface area contributed by atoms with Gasteiger partial charge in [0.25, 0.3) is 5.91 Å². The van der Waals surface area contributed by atoms with Crippen molar-refractivity contribution in [2.75, 3.05) is 18.5 Å². The van der Waals surface area contributed by atoms with Crippen LogP contribution in [0.5, 0.6) is 0 Å². The molecule has 2 aromatic heterocycles. The smallest absolute Gasteiger partial charge is 0.259 e. The summed E-state index contributed by atoms with van der Waals surface area (Å²) in [5.41, 5.74) is 1.54. The topological polar surface area (TPSA) is 112 Å². The number of amides is 1. The van der Waals surface area contributed by atoms with Crippen LogP contribution in [0.15, 0.2) is 40.9 Å². The van der Waals surface area contributed by atoms with Crippen LogP contribution in [0.4, 0.5) is 5.95 Å². The normalized spacial score (nSPS) is 15.4. The molecule has 0 fully saturated rings. The maximum Gasteiger partial charge on any atom is 0.259 e. The number of carbonyl (C=O) groups excluding carboxylic acids is 1. The van der Waals surface area contributed by atoms with Gasteiger partial charge < -0.3 is 24.8 Å². The lowest BCUT2D eigenvalue weighted by Crippen LogP contribution is -2.45. The highest BCUT2D eigenvalue weighted by Gasteiger charge is 2.33. The van der Waals surface area contributed by atoms with E-state index in [1.807, 2.05) is 6.07 Å². The molecular weight excluding hydrogens is 455 g/mol. The van der Waals surface area contributed by atoms with E-state index in [1.165, 1.54) is 11.1 Å². The summed E-state index contributed by atoms with van der Waals surface area (Å²) in [5.74, 6) is 0.809. The van der Waals surface area contributed by atoms with Gasteiger partial charge in [0.2, 0.25) is 5.95 Å². The van der Waals surface area contributed by atoms with Crippen molar-refractivity contribution in [2.45, 2.75) is 32.0 Å². The van der Waals surface area contributed by atoms with Crippen molar-refractivity contribution in [2.24, 2.45) is 0 Å². The first-order valence-corrected chi connectivity index (χ1v) is 10.9. The number of furan rings is 1. The molecule has 3 heterocycles. The largest absolute Gasteiger partial charge is 0.458 e. The van der Waals surface area contributed by atoms with E-state index in [0.717, 1.165) is 5.56 Å². The van der Waals surface area contributed by atoms with Gasteiger partial charge in [0.1, 0.15) is 17.7 Å². The zero-order chi connectivity index (χ0) is 22.8. The molecular formula is C22H22Cl2N4O4. The number of hydrogen-bond donors (Lipinski definition) is 3. The number of rotatable bonds is 7. The molecule has 1 unspecified atom stereocenters. The van der Waals surface area contributed by atoms with Gasteiger partial charge in [-0.05, 0) is 30.7 Å². The van der Waals surface area contributed by atoms with Gasteiger partial charge in [-0.1, -0.05) is 35.3 Å². The molecule has 0 saturated carbocycles. The molecule has 1 amide bonds. The first-order valence-electron chi connectivity index (χ1n) is 10.1. The molecule has 2 atom stereocenters. The standard InChI is InChI=1S/C22H22Cl2N4O4/c1-12(11-29)26-22-25-10-16(24)20(27-22)18-9-15-17(32-18)5-6-28(21(15)31)19(30)8-13-3-2-4-14(23)7-13/h2-4,7,9-10,12,19,29-30H,5-6,8,11H2,1H3,(H,25,26,27)/t12?,19-/m0/s1. The van der Waals surface area contributed by atoms with Crippen molar-refractivity contribution in [3.63, 3.8) is 0 Å². The number of anilines is 1. The molecule has 1 aromatic carbocycles. The van der Waals surface area contributed by atoms with E-state index in [2.05, 4.69) is 15.3 Å². The zero-order valence-corrected chi connectivity index (χ0v) is 18.8. The fraction of sp³-hybridized carbons (Fsp3) is 0.318. The number of aliphatic hydroxyl groups is 2. The first kappa shape index (κ1) is 22.5. The number of hydrogen-bond acceptors (Lipinski definition) is 7. The lowest BCUT2D eigenvalue weighted by Gasteiger charge is -2.30. The van der Waals surface area contributed by atoms with Gasteiger partial charge in [-0.2, -0.15) is 0 Å². The minimum Gasteiger partial charge on any atom is -0.458 e. The fourth-order valence-electron chi connectivity index (χ4n) is 3.54. The third-order valence-corrected chi connectivity index (χ3v) is 5.69. The number of nitrogens with zero attached hydrogens (tertiary/aromatic N) is 3. The van der Waals surface area contributed by atoms with Crippen molar-refractivity contribution in [3.8, 4) is 11.5 Å². The number of aliphatic hydroxyl groups excluding tert-OH is 2. The molecule has 3 aromatic rings. The lowest BCUT2D eigenvalue weighted by molar-refractivity contribution is 0.00532. The van der Waals surface area contributed by atoms with E-state index in [9.17, 15) is 15.0 Å². The van der Waals surface area contributed by atoms with Crippen LogP contribution < -0.4 is 5.32 Å². The van der Waals surface area contributed by atoms with Gasteiger partial charge in [0.05, 0.1) is 23.4 Å². The maximum atomic E-state index is 13.1. The first-order chi connectivity index (χ1) is 15.4. The molecule has 8 nitrogen and oxygen atoms in total. The Hall–Kier alpha value is -2.65. The molecule has 0 aliphatic carbocycles. The van der Waals surface area contributed by atoms with E-state index in [1.54, 1.807) is 31.2 Å². The summed E-state index contributed by atoms with van der Waals surface area (Å²) in [6.45, 7) is 2.02. The summed E-state index contributed by atoms with van der Waals surface area (Å²) >= 11 is 12.3. The summed E-state index contributed by atoms with van der Waals surface area (Å²) in [6, 6.07) is 8.52. The summed E-state index contributed by atoms with van der Waals surface area (Å²) in [4.78, 5) is 23.0. The minimum absolute atomic E-state index is 0.0851. The van der Waals surface area contributed by atoms with E-state index in [0.29, 0.717) is 40.8 Å². The van der Waals surface area contributed by atoms with Crippen LogP contribution in [-0.2, 0) is 12.8 Å². The minimum atomic E-state index is -0.995. The fourth-order valence-corrected chi connectivity index (χ4v) is 3.93. The quantitative estimate of drug-likeness (QED) is 0.478. The van der Waals surface area contributed by atoms with E-state index in [4.69, 9.17) is 27.6 Å². The van der Waals surface area contributed by atoms with Crippen molar-refractivity contribution < 1.29 is 19.4 Å². The van der Waals surface area contributed by atoms with Crippen LogP contribution in [0.3, 0.4) is 0 Å². The monoisotopic (exact) mass is 476 g/mol. The third-order valence-electron chi connectivity index (χ3n) is 5.17. The Bertz CT molecular complexity index is 1140. The van der Waals surface area contributed by atoms with Gasteiger partial charge in [0.15, 0.2) is 5.76 Å². The molecule has 10 heteroatoms. The number of fused-ring (bicyclic) bond motifs is 1. The molecule has 0 bridgehead atoms. The molecule has 3 N–H and O–H groups in total. The highest BCUT2D eigenvalue weighted by molar-refractivity contribution is 6.32. The molecule has 0 radical (unpaired) electrons. The summed E-state index contributed by atoms with van der Waals surface area (Å²) in [6.07, 6.45) is 1.15. The maximum absolute atomic E-state index is 13.1. The van der Waals surface area contributed by atoms with Gasteiger partial charge in [0, 0.05) is 30.5 Å². The highest BCUT2D eigenvalue weighted by Crippen LogP contribution is 2.33. The molecule has 0 spiro atoms. The Morgan fingerprint density at radius 3 is 2.88 bits per heavy atom. The Morgan fingerprint density at radius 1 is 1.31 bits per heavy atom. The summed E-state index contributed by atoms with van der Waals surface area (Å²) in [7, 11) is 0. The van der Waals surface area contributed by atoms with Gasteiger partial charge in [-0.25, -0.2) is 9.97 Å². The van der Waals surface area contributed by atoms with Crippen LogP contribution in [0, 0.1) is 0 Å². The average molecular weight is 477 g/mol. The van der Waals surface area contributed by atoms with Crippen LogP contribution >= 0.6 is 23.2 Å². The second kappa shape index (κ2) is 9.46. The van der Waals surface area contributed by atoms with E-state index >= 15 is 0 Å². The Kier molecular flexibility index (Phi) is 6.66. The summed E-state index contributed by atoms with van der Waals surface area (Å²) < 4.78 is 5.89. The number of aromatic nitrogens is 2. The van der Waals surface area contributed by atoms with E-state index in [-0.39, 0.29) is 35.9 Å². The molecule has 32 heavy (non-hydrogen) atoms. The van der Waals surface area contributed by atoms with Gasteiger partial charge in [-0.15, -0.1) is 0 Å². The van der Waals surface area contributed by atoms with Crippen molar-refractivity contribution in [1.29, 1.82) is 0 Å². The Balaban J connectivity index is 1.56. The molecule has 0 saturated heterocycles. The van der Waals surface area contributed by atoms with Crippen molar-refractivity contribution in [1.82, 2.24) is 14.9 Å². The third kappa shape index (κ3) is 4.73. The van der Waals surface area contributed by atoms with Crippen LogP contribution in [0.25, 0.3) is 11.5 Å². The average Bonchev–Trinajstić information content (AvgIpc) is 3.20. The zero-order valence-electron chi connectivity index (χ0n) is 17.3. The van der Waals surface area contributed by atoms with E-state index < -0.39 is 6.23 Å². The van der Waals surface area contributed by atoms with Crippen molar-refractivity contribution in [3.05, 3.63) is 63.5 Å². The Morgan fingerprint density at radius 2 is 2.12 bits per heavy atom. The predicted molar refractivity (Wildman–Crippen MR) is 121 cm³/mol. The van der Waals surface area contributed by atoms with Gasteiger partial charge >= 0.3 is 0 Å². The molecule has 1 aliphatic heterocycles. The molecule has 1 aliphatic rings. The Labute approximate surface area is 194 Å². The van der Waals surface area contributed by atoms with Crippen molar-refractivity contribution >= 4 is 35.1 Å². The molecule has 168 valence electrons. The molecule has 4 rings (SSSR count).